The smallest absolute Gasteiger partial charge is 0.120 e. The summed E-state index contributed by atoms with van der Waals surface area (Å²) in [6.07, 6.45) is 3.05. The van der Waals surface area contributed by atoms with Gasteiger partial charge in [0, 0.05) is 6.54 Å². The van der Waals surface area contributed by atoms with E-state index in [1.807, 2.05) is 12.1 Å². The van der Waals surface area contributed by atoms with Crippen LogP contribution in [0.3, 0.4) is 0 Å². The Bertz CT molecular complexity index is 278. The third-order valence-electron chi connectivity index (χ3n) is 3.32. The summed E-state index contributed by atoms with van der Waals surface area (Å²) in [5, 5.41) is 3.40. The van der Waals surface area contributed by atoms with Crippen molar-refractivity contribution in [2.75, 3.05) is 26.7 Å². The van der Waals surface area contributed by atoms with Crippen molar-refractivity contribution in [2.24, 2.45) is 5.92 Å². The second-order valence-electron chi connectivity index (χ2n) is 4.49. The summed E-state index contributed by atoms with van der Waals surface area (Å²) in [7, 11) is 2.17. The van der Waals surface area contributed by atoms with Gasteiger partial charge in [-0.05, 0) is 51.5 Å². The van der Waals surface area contributed by atoms with E-state index in [4.69, 9.17) is 4.42 Å². The zero-order valence-electron chi connectivity index (χ0n) is 9.57. The molecule has 3 heteroatoms. The van der Waals surface area contributed by atoms with Crippen LogP contribution in [0.1, 0.15) is 25.1 Å². The number of nitrogens with zero attached hydrogens (tertiary/aromatic N) is 1. The lowest BCUT2D eigenvalue weighted by Gasteiger charge is -2.25. The summed E-state index contributed by atoms with van der Waals surface area (Å²) in [4.78, 5) is 2.37. The fourth-order valence-corrected chi connectivity index (χ4v) is 2.18. The van der Waals surface area contributed by atoms with Crippen LogP contribution in [0.2, 0.25) is 0 Å². The highest BCUT2D eigenvalue weighted by atomic mass is 16.3. The fourth-order valence-electron chi connectivity index (χ4n) is 2.18. The van der Waals surface area contributed by atoms with Gasteiger partial charge in [-0.3, -0.25) is 4.90 Å². The Kier molecular flexibility index (Phi) is 3.44. The molecule has 1 aromatic heterocycles. The topological polar surface area (TPSA) is 28.4 Å². The van der Waals surface area contributed by atoms with Crippen molar-refractivity contribution in [3.05, 3.63) is 24.2 Å². The molecule has 1 aliphatic heterocycles. The molecule has 0 saturated carbocycles. The Morgan fingerprint density at radius 3 is 3.13 bits per heavy atom. The standard InChI is InChI=1S/C12H20N2O/c1-10(12-4-3-7-15-12)14(2)9-11-5-6-13-8-11/h3-4,7,10-11,13H,5-6,8-9H2,1-2H3/t10-,11+/m0/s1. The lowest BCUT2D eigenvalue weighted by Crippen LogP contribution is -2.29. The first-order chi connectivity index (χ1) is 7.27. The van der Waals surface area contributed by atoms with Gasteiger partial charge in [-0.2, -0.15) is 0 Å². The van der Waals surface area contributed by atoms with Crippen molar-refractivity contribution in [2.45, 2.75) is 19.4 Å². The summed E-state index contributed by atoms with van der Waals surface area (Å²) < 4.78 is 5.42. The van der Waals surface area contributed by atoms with Crippen molar-refractivity contribution in [3.63, 3.8) is 0 Å². The summed E-state index contributed by atoms with van der Waals surface area (Å²) >= 11 is 0. The molecule has 1 N–H and O–H groups in total. The maximum Gasteiger partial charge on any atom is 0.120 e. The van der Waals surface area contributed by atoms with Gasteiger partial charge < -0.3 is 9.73 Å². The van der Waals surface area contributed by atoms with Crippen LogP contribution < -0.4 is 5.32 Å². The Labute approximate surface area is 91.4 Å². The second-order valence-corrected chi connectivity index (χ2v) is 4.49. The predicted octanol–water partition coefficient (Wildman–Crippen LogP) is 1.88. The molecule has 2 atom stereocenters. The van der Waals surface area contributed by atoms with Crippen LogP contribution in [0.25, 0.3) is 0 Å². The quantitative estimate of drug-likeness (QED) is 0.819. The van der Waals surface area contributed by atoms with E-state index in [0.29, 0.717) is 6.04 Å². The highest BCUT2D eigenvalue weighted by molar-refractivity contribution is 5.03. The van der Waals surface area contributed by atoms with E-state index >= 15 is 0 Å². The van der Waals surface area contributed by atoms with E-state index in [-0.39, 0.29) is 0 Å². The van der Waals surface area contributed by atoms with E-state index in [1.165, 1.54) is 13.0 Å². The van der Waals surface area contributed by atoms with Crippen LogP contribution in [0, 0.1) is 5.92 Å². The fraction of sp³-hybridized carbons (Fsp3) is 0.667. The molecule has 0 bridgehead atoms. The number of hydrogen-bond acceptors (Lipinski definition) is 3. The minimum absolute atomic E-state index is 0.376. The van der Waals surface area contributed by atoms with Crippen molar-refractivity contribution in [1.82, 2.24) is 10.2 Å². The Morgan fingerprint density at radius 1 is 1.67 bits per heavy atom. The van der Waals surface area contributed by atoms with Crippen molar-refractivity contribution in [3.8, 4) is 0 Å². The van der Waals surface area contributed by atoms with Crippen LogP contribution in [-0.4, -0.2) is 31.6 Å². The van der Waals surface area contributed by atoms with E-state index < -0.39 is 0 Å². The largest absolute Gasteiger partial charge is 0.468 e. The minimum atomic E-state index is 0.376. The van der Waals surface area contributed by atoms with Gasteiger partial charge in [-0.15, -0.1) is 0 Å². The molecule has 0 radical (unpaired) electrons. The van der Waals surface area contributed by atoms with Gasteiger partial charge in [0.2, 0.25) is 0 Å². The van der Waals surface area contributed by atoms with E-state index in [0.717, 1.165) is 24.8 Å². The number of rotatable bonds is 4. The predicted molar refractivity (Wildman–Crippen MR) is 60.7 cm³/mol. The first-order valence-corrected chi connectivity index (χ1v) is 5.71. The van der Waals surface area contributed by atoms with Gasteiger partial charge in [-0.25, -0.2) is 0 Å². The molecule has 0 aromatic carbocycles. The molecule has 15 heavy (non-hydrogen) atoms. The van der Waals surface area contributed by atoms with Crippen molar-refractivity contribution >= 4 is 0 Å². The van der Waals surface area contributed by atoms with Gasteiger partial charge in [0.15, 0.2) is 0 Å². The molecule has 84 valence electrons. The summed E-state index contributed by atoms with van der Waals surface area (Å²) in [6.45, 7) is 5.68. The Hall–Kier alpha value is -0.800. The summed E-state index contributed by atoms with van der Waals surface area (Å²) in [5.74, 6) is 1.86. The van der Waals surface area contributed by atoms with Crippen molar-refractivity contribution in [1.29, 1.82) is 0 Å². The third kappa shape index (κ3) is 2.61. The van der Waals surface area contributed by atoms with Crippen LogP contribution >= 0.6 is 0 Å². The van der Waals surface area contributed by atoms with Gasteiger partial charge in [0.05, 0.1) is 12.3 Å². The lowest BCUT2D eigenvalue weighted by atomic mass is 10.1. The molecule has 1 saturated heterocycles. The minimum Gasteiger partial charge on any atom is -0.468 e. The Morgan fingerprint density at radius 2 is 2.53 bits per heavy atom. The molecule has 1 aromatic rings. The lowest BCUT2D eigenvalue weighted by molar-refractivity contribution is 0.203. The molecule has 0 unspecified atom stereocenters. The zero-order valence-corrected chi connectivity index (χ0v) is 9.57. The molecular formula is C12H20N2O. The van der Waals surface area contributed by atoms with Gasteiger partial charge in [0.25, 0.3) is 0 Å². The zero-order chi connectivity index (χ0) is 10.7. The molecule has 0 spiro atoms. The molecule has 2 rings (SSSR count). The van der Waals surface area contributed by atoms with E-state index in [1.54, 1.807) is 6.26 Å². The summed E-state index contributed by atoms with van der Waals surface area (Å²) in [6, 6.07) is 4.38. The van der Waals surface area contributed by atoms with Crippen LogP contribution in [-0.2, 0) is 0 Å². The molecule has 1 fully saturated rings. The molecular weight excluding hydrogens is 188 g/mol. The van der Waals surface area contributed by atoms with E-state index in [2.05, 4.69) is 24.2 Å². The maximum atomic E-state index is 5.42. The van der Waals surface area contributed by atoms with Crippen LogP contribution in [0.5, 0.6) is 0 Å². The molecule has 3 nitrogen and oxygen atoms in total. The number of furan rings is 1. The van der Waals surface area contributed by atoms with Gasteiger partial charge in [-0.1, -0.05) is 0 Å². The number of hydrogen-bond donors (Lipinski definition) is 1. The Balaban J connectivity index is 1.87. The maximum absolute atomic E-state index is 5.42. The van der Waals surface area contributed by atoms with Gasteiger partial charge in [0.1, 0.15) is 5.76 Å². The highest BCUT2D eigenvalue weighted by Crippen LogP contribution is 2.21. The summed E-state index contributed by atoms with van der Waals surface area (Å²) in [5.41, 5.74) is 0. The SMILES string of the molecule is C[C@@H](c1ccco1)N(C)C[C@@H]1CCNC1. The molecule has 2 heterocycles. The first kappa shape index (κ1) is 10.7. The van der Waals surface area contributed by atoms with Crippen LogP contribution in [0.15, 0.2) is 22.8 Å². The van der Waals surface area contributed by atoms with Crippen LogP contribution in [0.4, 0.5) is 0 Å². The highest BCUT2D eigenvalue weighted by Gasteiger charge is 2.20. The monoisotopic (exact) mass is 208 g/mol. The first-order valence-electron chi connectivity index (χ1n) is 5.71. The van der Waals surface area contributed by atoms with Crippen molar-refractivity contribution < 1.29 is 4.42 Å². The molecule has 1 aliphatic rings. The second kappa shape index (κ2) is 4.81. The van der Waals surface area contributed by atoms with E-state index in [9.17, 15) is 0 Å². The number of nitrogens with one attached hydrogen (secondary N) is 1. The van der Waals surface area contributed by atoms with Gasteiger partial charge >= 0.3 is 0 Å². The molecule has 0 amide bonds. The average Bonchev–Trinajstić information content (AvgIpc) is 2.88. The normalized spacial score (nSPS) is 23.5. The molecule has 0 aliphatic carbocycles. The average molecular weight is 208 g/mol. The third-order valence-corrected chi connectivity index (χ3v) is 3.32.